The van der Waals surface area contributed by atoms with E-state index in [2.05, 4.69) is 10.6 Å². The molecule has 0 aromatic carbocycles. The molecule has 2 fully saturated rings. The Kier molecular flexibility index (Phi) is 10.5. The van der Waals surface area contributed by atoms with Gasteiger partial charge < -0.3 is 40.8 Å². The van der Waals surface area contributed by atoms with Crippen LogP contribution in [0.25, 0.3) is 0 Å². The van der Waals surface area contributed by atoms with Crippen LogP contribution in [0.2, 0.25) is 18.1 Å². The summed E-state index contributed by atoms with van der Waals surface area (Å²) in [5, 5.41) is 23.7. The highest BCUT2D eigenvalue weighted by molar-refractivity contribution is 6.74. The standard InChI is InChI=1S/C25H45N5O8Si/c1-14(18(31)20(26)32)27-21(33)16-8-10-29(12-16)22(34)17-9-11-30(13-17)23(35)19(15(2)28-24(36)37)38-39(6,7)25(3,4)5/h14-19,28,31H,8-13H2,1-7H3,(H2,26,32)(H,27,33)(H,36,37)/t14-,15-,16-,17-,18+,19+/m0/s1. The molecule has 6 atom stereocenters. The topological polar surface area (TPSA) is 192 Å². The van der Waals surface area contributed by atoms with Crippen LogP contribution in [-0.2, 0) is 23.6 Å². The normalized spacial score (nSPS) is 23.1. The van der Waals surface area contributed by atoms with E-state index >= 15 is 0 Å². The molecular formula is C25H45N5O8Si. The average Bonchev–Trinajstić information content (AvgIpc) is 3.50. The predicted molar refractivity (Wildman–Crippen MR) is 145 cm³/mol. The molecule has 5 amide bonds. The first-order chi connectivity index (χ1) is 17.9. The van der Waals surface area contributed by atoms with Gasteiger partial charge in [-0.25, -0.2) is 4.79 Å². The van der Waals surface area contributed by atoms with Crippen molar-refractivity contribution in [1.29, 1.82) is 0 Å². The highest BCUT2D eigenvalue weighted by Gasteiger charge is 2.45. The van der Waals surface area contributed by atoms with Crippen LogP contribution in [0.5, 0.6) is 0 Å². The molecule has 0 aliphatic carbocycles. The maximum Gasteiger partial charge on any atom is 0.404 e. The number of nitrogens with zero attached hydrogens (tertiary/aromatic N) is 2. The summed E-state index contributed by atoms with van der Waals surface area (Å²) in [6, 6.07) is -1.64. The van der Waals surface area contributed by atoms with Gasteiger partial charge in [0.05, 0.1) is 23.9 Å². The summed E-state index contributed by atoms with van der Waals surface area (Å²) in [5.74, 6) is -2.73. The second-order valence-corrected chi connectivity index (χ2v) is 17.0. The number of carbonyl (C=O) groups excluding carboxylic acids is 4. The second-order valence-electron chi connectivity index (χ2n) is 12.2. The van der Waals surface area contributed by atoms with Gasteiger partial charge in [0.15, 0.2) is 14.4 Å². The van der Waals surface area contributed by atoms with Crippen molar-refractivity contribution in [3.8, 4) is 0 Å². The number of aliphatic hydroxyl groups excluding tert-OH is 1. The molecule has 0 saturated carbocycles. The highest BCUT2D eigenvalue weighted by Crippen LogP contribution is 2.38. The van der Waals surface area contributed by atoms with Gasteiger partial charge in [-0.3, -0.25) is 19.2 Å². The van der Waals surface area contributed by atoms with Gasteiger partial charge in [-0.2, -0.15) is 0 Å². The number of nitrogens with two attached hydrogens (primary N) is 1. The van der Waals surface area contributed by atoms with E-state index in [-0.39, 0.29) is 35.8 Å². The van der Waals surface area contributed by atoms with Crippen LogP contribution in [0.4, 0.5) is 4.79 Å². The van der Waals surface area contributed by atoms with Gasteiger partial charge >= 0.3 is 6.09 Å². The molecule has 222 valence electrons. The van der Waals surface area contributed by atoms with Gasteiger partial charge in [0, 0.05) is 26.2 Å². The Morgan fingerprint density at radius 2 is 1.49 bits per heavy atom. The lowest BCUT2D eigenvalue weighted by Crippen LogP contribution is -2.56. The summed E-state index contributed by atoms with van der Waals surface area (Å²) in [7, 11) is -2.43. The second kappa shape index (κ2) is 12.6. The number of aliphatic hydroxyl groups is 1. The summed E-state index contributed by atoms with van der Waals surface area (Å²) in [6.07, 6.45) is -2.89. The van der Waals surface area contributed by atoms with Crippen LogP contribution in [0, 0.1) is 11.8 Å². The summed E-state index contributed by atoms with van der Waals surface area (Å²) in [4.78, 5) is 65.0. The lowest BCUT2D eigenvalue weighted by atomic mass is 10.1. The molecule has 39 heavy (non-hydrogen) atoms. The van der Waals surface area contributed by atoms with Gasteiger partial charge in [0.2, 0.25) is 17.7 Å². The smallest absolute Gasteiger partial charge is 0.404 e. The van der Waals surface area contributed by atoms with Crippen molar-refractivity contribution in [3.05, 3.63) is 0 Å². The Hall–Kier alpha value is -2.71. The van der Waals surface area contributed by atoms with Gasteiger partial charge in [0.25, 0.3) is 5.91 Å². The van der Waals surface area contributed by atoms with E-state index in [4.69, 9.17) is 10.2 Å². The van der Waals surface area contributed by atoms with Crippen molar-refractivity contribution in [3.63, 3.8) is 0 Å². The molecule has 13 nitrogen and oxygen atoms in total. The SMILES string of the molecule is C[C@H](NC(=O)[C@H]1CCN(C(=O)[C@H]2CCN(C(=O)[C@H](O[Si](C)(C)C(C)(C)C)[C@H](C)NC(=O)O)C2)C1)[C@@H](O)C(N)=O. The third-order valence-corrected chi connectivity index (χ3v) is 12.6. The summed E-state index contributed by atoms with van der Waals surface area (Å²) in [5.41, 5.74) is 5.08. The monoisotopic (exact) mass is 571 g/mol. The van der Waals surface area contributed by atoms with E-state index in [9.17, 15) is 34.2 Å². The minimum atomic E-state index is -2.43. The summed E-state index contributed by atoms with van der Waals surface area (Å²) in [6.45, 7) is 14.3. The Bertz CT molecular complexity index is 955. The molecule has 2 heterocycles. The number of hydrogen-bond donors (Lipinski definition) is 5. The van der Waals surface area contributed by atoms with E-state index in [1.807, 2.05) is 33.9 Å². The molecule has 2 aliphatic rings. The minimum absolute atomic E-state index is 0.149. The van der Waals surface area contributed by atoms with Crippen molar-refractivity contribution in [2.45, 2.75) is 89.9 Å². The zero-order valence-electron chi connectivity index (χ0n) is 24.0. The number of rotatable bonds is 10. The van der Waals surface area contributed by atoms with Crippen LogP contribution in [0.3, 0.4) is 0 Å². The van der Waals surface area contributed by atoms with Crippen molar-refractivity contribution in [1.82, 2.24) is 20.4 Å². The molecule has 0 bridgehead atoms. The predicted octanol–water partition coefficient (Wildman–Crippen LogP) is 0.0808. The summed E-state index contributed by atoms with van der Waals surface area (Å²) < 4.78 is 6.37. The molecule has 2 saturated heterocycles. The molecule has 2 aliphatic heterocycles. The molecule has 14 heteroatoms. The Labute approximate surface area is 230 Å². The van der Waals surface area contributed by atoms with E-state index in [1.165, 1.54) is 6.92 Å². The molecule has 0 aromatic rings. The number of amides is 5. The van der Waals surface area contributed by atoms with Gasteiger partial charge in [-0.1, -0.05) is 20.8 Å². The van der Waals surface area contributed by atoms with Crippen LogP contribution in [-0.4, -0.2) is 109 Å². The Balaban J connectivity index is 2.03. The third kappa shape index (κ3) is 8.14. The Morgan fingerprint density at radius 1 is 0.949 bits per heavy atom. The molecular weight excluding hydrogens is 526 g/mol. The fourth-order valence-corrected chi connectivity index (χ4v) is 5.87. The largest absolute Gasteiger partial charge is 0.465 e. The molecule has 2 rings (SSSR count). The number of carboxylic acid groups (broad SMARTS) is 1. The van der Waals surface area contributed by atoms with Gasteiger partial charge in [-0.15, -0.1) is 0 Å². The van der Waals surface area contributed by atoms with Crippen LogP contribution in [0.15, 0.2) is 0 Å². The van der Waals surface area contributed by atoms with Crippen LogP contribution < -0.4 is 16.4 Å². The fourth-order valence-electron chi connectivity index (χ4n) is 4.57. The van der Waals surface area contributed by atoms with E-state index in [0.29, 0.717) is 25.9 Å². The van der Waals surface area contributed by atoms with E-state index in [1.54, 1.807) is 16.7 Å². The summed E-state index contributed by atoms with van der Waals surface area (Å²) >= 11 is 0. The van der Waals surface area contributed by atoms with E-state index in [0.717, 1.165) is 0 Å². The first-order valence-corrected chi connectivity index (χ1v) is 16.3. The van der Waals surface area contributed by atoms with Crippen LogP contribution >= 0.6 is 0 Å². The number of hydrogen-bond acceptors (Lipinski definition) is 7. The molecule has 0 unspecified atom stereocenters. The number of nitrogens with one attached hydrogen (secondary N) is 2. The maximum atomic E-state index is 13.6. The van der Waals surface area contributed by atoms with E-state index < -0.39 is 56.4 Å². The zero-order valence-corrected chi connectivity index (χ0v) is 25.0. The fraction of sp³-hybridized carbons (Fsp3) is 0.800. The number of carbonyl (C=O) groups is 5. The minimum Gasteiger partial charge on any atom is -0.465 e. The van der Waals surface area contributed by atoms with Gasteiger partial charge in [-0.05, 0) is 44.8 Å². The lowest BCUT2D eigenvalue weighted by molar-refractivity contribution is -0.140. The number of likely N-dealkylation sites (tertiary alicyclic amines) is 2. The molecule has 6 N–H and O–H groups in total. The zero-order chi connectivity index (χ0) is 29.9. The quantitative estimate of drug-likeness (QED) is 0.228. The van der Waals surface area contributed by atoms with Crippen LogP contribution in [0.1, 0.15) is 47.5 Å². The number of primary amides is 1. The Morgan fingerprint density at radius 3 is 2.03 bits per heavy atom. The van der Waals surface area contributed by atoms with Crippen molar-refractivity contribution in [2.24, 2.45) is 17.6 Å². The maximum absolute atomic E-state index is 13.6. The third-order valence-electron chi connectivity index (χ3n) is 8.13. The first kappa shape index (κ1) is 32.5. The van der Waals surface area contributed by atoms with Crippen molar-refractivity contribution in [2.75, 3.05) is 26.2 Å². The molecule has 0 spiro atoms. The van der Waals surface area contributed by atoms with Gasteiger partial charge in [0.1, 0.15) is 6.10 Å². The van der Waals surface area contributed by atoms with Crippen molar-refractivity contribution < 1.29 is 38.6 Å². The molecule has 0 radical (unpaired) electrons. The average molecular weight is 572 g/mol. The lowest BCUT2D eigenvalue weighted by Gasteiger charge is -2.41. The van der Waals surface area contributed by atoms with Crippen molar-refractivity contribution >= 4 is 38.0 Å². The molecule has 0 aromatic heterocycles. The first-order valence-electron chi connectivity index (χ1n) is 13.4. The highest BCUT2D eigenvalue weighted by atomic mass is 28.4.